The van der Waals surface area contributed by atoms with Gasteiger partial charge in [-0.3, -0.25) is 4.79 Å². The van der Waals surface area contributed by atoms with E-state index in [0.717, 1.165) is 17.7 Å². The number of benzene rings is 1. The van der Waals surface area contributed by atoms with E-state index in [1.807, 2.05) is 6.07 Å². The van der Waals surface area contributed by atoms with Gasteiger partial charge in [0.2, 0.25) is 5.91 Å². The minimum absolute atomic E-state index is 0.489. The molecule has 0 aliphatic rings. The molecule has 0 fully saturated rings. The highest BCUT2D eigenvalue weighted by atomic mass is 16.4. The number of hydrogen-bond acceptors (Lipinski definition) is 2. The van der Waals surface area contributed by atoms with Gasteiger partial charge in [-0.1, -0.05) is 30.9 Å². The third kappa shape index (κ3) is 3.42. The highest BCUT2D eigenvalue weighted by Crippen LogP contribution is 2.15. The third-order valence-corrected chi connectivity index (χ3v) is 1.82. The molecule has 2 N–H and O–H groups in total. The lowest BCUT2D eigenvalue weighted by Crippen LogP contribution is -2.09. The lowest BCUT2D eigenvalue weighted by Gasteiger charge is -2.05. The van der Waals surface area contributed by atoms with Gasteiger partial charge in [-0.15, -0.1) is 0 Å². The summed E-state index contributed by atoms with van der Waals surface area (Å²) in [5.74, 6) is -1.65. The molecule has 0 atom stereocenters. The molecule has 0 aliphatic heterocycles. The van der Waals surface area contributed by atoms with Gasteiger partial charge >= 0.3 is 5.97 Å². The zero-order valence-electron chi connectivity index (χ0n) is 8.51. The molecular formula is C12H11NO3. The van der Waals surface area contributed by atoms with Crippen molar-refractivity contribution in [1.29, 1.82) is 0 Å². The number of carboxylic acids is 1. The molecule has 0 aliphatic carbocycles. The first-order chi connectivity index (χ1) is 7.63. The van der Waals surface area contributed by atoms with Crippen molar-refractivity contribution in [3.8, 4) is 0 Å². The monoisotopic (exact) mass is 217 g/mol. The van der Waals surface area contributed by atoms with Gasteiger partial charge in [-0.25, -0.2) is 4.79 Å². The maximum atomic E-state index is 11.3. The van der Waals surface area contributed by atoms with Crippen molar-refractivity contribution >= 4 is 23.6 Å². The Balaban J connectivity index is 2.77. The fourth-order valence-electron chi connectivity index (χ4n) is 1.11. The van der Waals surface area contributed by atoms with Gasteiger partial charge in [-0.2, -0.15) is 0 Å². The molecule has 0 saturated carbocycles. The molecule has 0 heterocycles. The second kappa shape index (κ2) is 5.50. The number of carboxylic acid groups (broad SMARTS) is 1. The second-order valence-corrected chi connectivity index (χ2v) is 2.95. The molecular weight excluding hydrogens is 206 g/mol. The number of para-hydroxylation sites is 1. The van der Waals surface area contributed by atoms with E-state index in [2.05, 4.69) is 11.9 Å². The van der Waals surface area contributed by atoms with Crippen LogP contribution in [0.5, 0.6) is 0 Å². The summed E-state index contributed by atoms with van der Waals surface area (Å²) in [6.45, 7) is 3.61. The van der Waals surface area contributed by atoms with E-state index >= 15 is 0 Å². The van der Waals surface area contributed by atoms with Crippen LogP contribution in [0.3, 0.4) is 0 Å². The molecule has 0 spiro atoms. The number of rotatable bonds is 4. The summed E-state index contributed by atoms with van der Waals surface area (Å²) in [4.78, 5) is 21.5. The molecule has 0 unspecified atom stereocenters. The fourth-order valence-corrected chi connectivity index (χ4v) is 1.11. The molecule has 1 amide bonds. The lowest BCUT2D eigenvalue weighted by atomic mass is 10.2. The highest BCUT2D eigenvalue weighted by molar-refractivity contribution is 6.03. The number of carbonyl (C=O) groups is 2. The number of amides is 1. The van der Waals surface area contributed by atoms with Crippen molar-refractivity contribution in [3.05, 3.63) is 48.6 Å². The Bertz CT molecular complexity index is 449. The first-order valence-electron chi connectivity index (χ1n) is 4.57. The van der Waals surface area contributed by atoms with Gasteiger partial charge in [0.15, 0.2) is 0 Å². The van der Waals surface area contributed by atoms with Crippen LogP contribution in [0.2, 0.25) is 0 Å². The Morgan fingerprint density at radius 2 is 1.94 bits per heavy atom. The molecule has 1 aromatic carbocycles. The van der Waals surface area contributed by atoms with Crippen molar-refractivity contribution in [2.45, 2.75) is 0 Å². The van der Waals surface area contributed by atoms with Crippen LogP contribution in [0.4, 0.5) is 5.69 Å². The van der Waals surface area contributed by atoms with Gasteiger partial charge in [-0.05, 0) is 11.6 Å². The molecule has 4 nitrogen and oxygen atoms in total. The molecule has 82 valence electrons. The van der Waals surface area contributed by atoms with Gasteiger partial charge < -0.3 is 10.4 Å². The van der Waals surface area contributed by atoms with Crippen LogP contribution in [0.25, 0.3) is 6.08 Å². The summed E-state index contributed by atoms with van der Waals surface area (Å²) in [7, 11) is 0. The van der Waals surface area contributed by atoms with E-state index in [4.69, 9.17) is 5.11 Å². The number of hydrogen-bond donors (Lipinski definition) is 2. The smallest absolute Gasteiger partial charge is 0.328 e. The molecule has 0 aromatic heterocycles. The lowest BCUT2D eigenvalue weighted by molar-refractivity contribution is -0.131. The molecule has 0 radical (unpaired) electrons. The van der Waals surface area contributed by atoms with E-state index in [0.29, 0.717) is 5.69 Å². The summed E-state index contributed by atoms with van der Waals surface area (Å²) < 4.78 is 0. The summed E-state index contributed by atoms with van der Waals surface area (Å²) in [6, 6.07) is 7.09. The molecule has 4 heteroatoms. The van der Waals surface area contributed by atoms with Crippen LogP contribution in [0.1, 0.15) is 5.56 Å². The maximum absolute atomic E-state index is 11.3. The average Bonchev–Trinajstić information content (AvgIpc) is 2.27. The van der Waals surface area contributed by atoms with Crippen molar-refractivity contribution in [1.82, 2.24) is 0 Å². The summed E-state index contributed by atoms with van der Waals surface area (Å²) in [5.41, 5.74) is 1.37. The Labute approximate surface area is 92.9 Å². The minimum Gasteiger partial charge on any atom is -0.478 e. The summed E-state index contributed by atoms with van der Waals surface area (Å²) in [6.07, 6.45) is 3.35. The first-order valence-corrected chi connectivity index (χ1v) is 4.57. The van der Waals surface area contributed by atoms with Crippen molar-refractivity contribution in [2.75, 3.05) is 5.32 Å². The van der Waals surface area contributed by atoms with E-state index in [9.17, 15) is 9.59 Å². The molecule has 16 heavy (non-hydrogen) atoms. The fraction of sp³-hybridized carbons (Fsp3) is 0. The average molecular weight is 217 g/mol. The van der Waals surface area contributed by atoms with Gasteiger partial charge in [0.1, 0.15) is 0 Å². The van der Waals surface area contributed by atoms with E-state index in [1.54, 1.807) is 24.3 Å². The quantitative estimate of drug-likeness (QED) is 0.757. The zero-order chi connectivity index (χ0) is 12.0. The van der Waals surface area contributed by atoms with Crippen LogP contribution >= 0.6 is 0 Å². The Kier molecular flexibility index (Phi) is 4.03. The van der Waals surface area contributed by atoms with Crippen molar-refractivity contribution in [3.63, 3.8) is 0 Å². The van der Waals surface area contributed by atoms with Crippen LogP contribution in [0.15, 0.2) is 43.0 Å². The number of aliphatic carboxylic acids is 1. The van der Waals surface area contributed by atoms with Gasteiger partial charge in [0.05, 0.1) is 0 Å². The maximum Gasteiger partial charge on any atom is 0.328 e. The van der Waals surface area contributed by atoms with Gasteiger partial charge in [0, 0.05) is 17.8 Å². The SMILES string of the molecule is C=Cc1ccccc1NC(=O)/C=C\C(=O)O. The molecule has 0 saturated heterocycles. The van der Waals surface area contributed by atoms with Crippen molar-refractivity contribution in [2.24, 2.45) is 0 Å². The normalized spacial score (nSPS) is 10.0. The summed E-state index contributed by atoms with van der Waals surface area (Å²) >= 11 is 0. The molecule has 1 aromatic rings. The van der Waals surface area contributed by atoms with Crippen LogP contribution in [-0.2, 0) is 9.59 Å². The number of nitrogens with one attached hydrogen (secondary N) is 1. The highest BCUT2D eigenvalue weighted by Gasteiger charge is 2.01. The van der Waals surface area contributed by atoms with Gasteiger partial charge in [0.25, 0.3) is 0 Å². The molecule has 1 rings (SSSR count). The van der Waals surface area contributed by atoms with E-state index < -0.39 is 11.9 Å². The number of anilines is 1. The van der Waals surface area contributed by atoms with Crippen LogP contribution in [0, 0.1) is 0 Å². The Morgan fingerprint density at radius 3 is 2.56 bits per heavy atom. The first kappa shape index (κ1) is 11.7. The standard InChI is InChI=1S/C12H11NO3/c1-2-9-5-3-4-6-10(9)13-11(14)7-8-12(15)16/h2-8H,1H2,(H,13,14)(H,15,16)/b8-7-. The zero-order valence-corrected chi connectivity index (χ0v) is 8.51. The number of carbonyl (C=O) groups excluding carboxylic acids is 1. The Morgan fingerprint density at radius 1 is 1.25 bits per heavy atom. The topological polar surface area (TPSA) is 66.4 Å². The molecule has 0 bridgehead atoms. The summed E-state index contributed by atoms with van der Waals surface area (Å²) in [5, 5.41) is 10.9. The Hall–Kier alpha value is -2.36. The van der Waals surface area contributed by atoms with E-state index in [1.165, 1.54) is 0 Å². The van der Waals surface area contributed by atoms with Crippen LogP contribution in [-0.4, -0.2) is 17.0 Å². The second-order valence-electron chi connectivity index (χ2n) is 2.95. The minimum atomic E-state index is -1.16. The van der Waals surface area contributed by atoms with Crippen molar-refractivity contribution < 1.29 is 14.7 Å². The predicted octanol–water partition coefficient (Wildman–Crippen LogP) is 1.91. The third-order valence-electron chi connectivity index (χ3n) is 1.82. The largest absolute Gasteiger partial charge is 0.478 e. The van der Waals surface area contributed by atoms with E-state index in [-0.39, 0.29) is 0 Å². The predicted molar refractivity (Wildman–Crippen MR) is 61.9 cm³/mol. The van der Waals surface area contributed by atoms with Crippen LogP contribution < -0.4 is 5.32 Å².